The molecule has 0 unspecified atom stereocenters. The van der Waals surface area contributed by atoms with Gasteiger partial charge in [0.1, 0.15) is 0 Å². The standard InChI is InChI=1S/C11H26N4O/c1-4-7-13-11(15-12)14-8-5-6-9-16-10(2)3/h10H,4-9,12H2,1-3H3,(H2,13,14,15). The SMILES string of the molecule is CCCN=C(NN)NCCCCOC(C)C. The molecule has 0 heterocycles. The number of nitrogens with two attached hydrogens (primary N) is 1. The number of hydrazine groups is 1. The van der Waals surface area contributed by atoms with E-state index in [1.165, 1.54) is 0 Å². The molecule has 0 radical (unpaired) electrons. The Balaban J connectivity index is 3.41. The summed E-state index contributed by atoms with van der Waals surface area (Å²) in [7, 11) is 0. The molecule has 0 aliphatic rings. The van der Waals surface area contributed by atoms with Crippen LogP contribution < -0.4 is 16.6 Å². The molecule has 0 bridgehead atoms. The van der Waals surface area contributed by atoms with Crippen molar-refractivity contribution < 1.29 is 4.74 Å². The van der Waals surface area contributed by atoms with Crippen LogP contribution in [0.2, 0.25) is 0 Å². The lowest BCUT2D eigenvalue weighted by Crippen LogP contribution is -2.42. The van der Waals surface area contributed by atoms with Crippen LogP contribution in [0.25, 0.3) is 0 Å². The lowest BCUT2D eigenvalue weighted by molar-refractivity contribution is 0.0762. The number of nitrogens with zero attached hydrogens (tertiary/aromatic N) is 1. The first-order valence-corrected chi connectivity index (χ1v) is 6.07. The van der Waals surface area contributed by atoms with Crippen LogP contribution in [-0.4, -0.2) is 31.8 Å². The zero-order valence-corrected chi connectivity index (χ0v) is 10.8. The van der Waals surface area contributed by atoms with Gasteiger partial charge in [-0.15, -0.1) is 0 Å². The molecule has 16 heavy (non-hydrogen) atoms. The fourth-order valence-electron chi connectivity index (χ4n) is 1.13. The molecule has 0 spiro atoms. The van der Waals surface area contributed by atoms with Gasteiger partial charge in [0.2, 0.25) is 5.96 Å². The number of hydrogen-bond acceptors (Lipinski definition) is 3. The highest BCUT2D eigenvalue weighted by Gasteiger charge is 1.95. The minimum absolute atomic E-state index is 0.320. The molecular weight excluding hydrogens is 204 g/mol. The topological polar surface area (TPSA) is 71.7 Å². The highest BCUT2D eigenvalue weighted by molar-refractivity contribution is 5.79. The summed E-state index contributed by atoms with van der Waals surface area (Å²) < 4.78 is 5.44. The highest BCUT2D eigenvalue weighted by atomic mass is 16.5. The van der Waals surface area contributed by atoms with E-state index in [1.807, 2.05) is 13.8 Å². The van der Waals surface area contributed by atoms with Crippen molar-refractivity contribution >= 4 is 5.96 Å². The number of guanidine groups is 1. The molecule has 0 fully saturated rings. The zero-order valence-electron chi connectivity index (χ0n) is 10.8. The quantitative estimate of drug-likeness (QED) is 0.191. The molecular formula is C11H26N4O. The van der Waals surface area contributed by atoms with Crippen molar-refractivity contribution in [3.8, 4) is 0 Å². The maximum Gasteiger partial charge on any atom is 0.205 e. The van der Waals surface area contributed by atoms with E-state index in [9.17, 15) is 0 Å². The molecule has 0 aromatic heterocycles. The van der Waals surface area contributed by atoms with Gasteiger partial charge in [-0.1, -0.05) is 6.92 Å². The summed E-state index contributed by atoms with van der Waals surface area (Å²) in [6.07, 6.45) is 3.45. The van der Waals surface area contributed by atoms with Crippen molar-refractivity contribution in [3.63, 3.8) is 0 Å². The lowest BCUT2D eigenvalue weighted by atomic mass is 10.3. The Kier molecular flexibility index (Phi) is 10.2. The molecule has 0 aliphatic heterocycles. The predicted molar refractivity (Wildman–Crippen MR) is 68.2 cm³/mol. The summed E-state index contributed by atoms with van der Waals surface area (Å²) in [5, 5.41) is 3.15. The largest absolute Gasteiger partial charge is 0.379 e. The molecule has 0 saturated heterocycles. The number of hydrogen-bond donors (Lipinski definition) is 3. The van der Waals surface area contributed by atoms with Crippen molar-refractivity contribution in [1.82, 2.24) is 10.7 Å². The molecule has 0 rings (SSSR count). The Hall–Kier alpha value is -0.810. The molecule has 0 saturated carbocycles. The Morgan fingerprint density at radius 1 is 1.38 bits per heavy atom. The summed E-state index contributed by atoms with van der Waals surface area (Å²) in [5.41, 5.74) is 2.55. The third kappa shape index (κ3) is 9.73. The van der Waals surface area contributed by atoms with Gasteiger partial charge in [0.15, 0.2) is 0 Å². The molecule has 96 valence electrons. The lowest BCUT2D eigenvalue weighted by Gasteiger charge is -2.10. The van der Waals surface area contributed by atoms with Crippen LogP contribution in [0.3, 0.4) is 0 Å². The van der Waals surface area contributed by atoms with Gasteiger partial charge in [-0.25, -0.2) is 5.84 Å². The van der Waals surface area contributed by atoms with Crippen LogP contribution in [0, 0.1) is 0 Å². The van der Waals surface area contributed by atoms with E-state index in [4.69, 9.17) is 10.6 Å². The number of ether oxygens (including phenoxy) is 1. The number of rotatable bonds is 8. The van der Waals surface area contributed by atoms with Gasteiger partial charge in [0.25, 0.3) is 0 Å². The van der Waals surface area contributed by atoms with E-state index < -0.39 is 0 Å². The average Bonchev–Trinajstić information content (AvgIpc) is 2.26. The molecule has 0 aliphatic carbocycles. The molecule has 5 heteroatoms. The first kappa shape index (κ1) is 15.2. The fraction of sp³-hybridized carbons (Fsp3) is 0.909. The predicted octanol–water partition coefficient (Wildman–Crippen LogP) is 1.01. The molecule has 4 N–H and O–H groups in total. The van der Waals surface area contributed by atoms with Crippen LogP contribution >= 0.6 is 0 Å². The van der Waals surface area contributed by atoms with Crippen LogP contribution in [0.1, 0.15) is 40.0 Å². The van der Waals surface area contributed by atoms with Gasteiger partial charge in [-0.2, -0.15) is 0 Å². The van der Waals surface area contributed by atoms with Crippen molar-refractivity contribution in [1.29, 1.82) is 0 Å². The third-order valence-corrected chi connectivity index (χ3v) is 1.94. The van der Waals surface area contributed by atoms with Gasteiger partial charge in [0.05, 0.1) is 6.10 Å². The smallest absolute Gasteiger partial charge is 0.205 e. The van der Waals surface area contributed by atoms with Crippen LogP contribution in [-0.2, 0) is 4.74 Å². The average molecular weight is 230 g/mol. The van der Waals surface area contributed by atoms with E-state index >= 15 is 0 Å². The van der Waals surface area contributed by atoms with E-state index in [1.54, 1.807) is 0 Å². The first-order chi connectivity index (χ1) is 7.70. The Bertz CT molecular complexity index is 183. The monoisotopic (exact) mass is 230 g/mol. The molecule has 0 amide bonds. The van der Waals surface area contributed by atoms with Crippen molar-refractivity contribution in [2.45, 2.75) is 46.1 Å². The Morgan fingerprint density at radius 3 is 2.69 bits per heavy atom. The summed E-state index contributed by atoms with van der Waals surface area (Å²) in [6, 6.07) is 0. The summed E-state index contributed by atoms with van der Waals surface area (Å²) in [4.78, 5) is 4.24. The second kappa shape index (κ2) is 10.7. The van der Waals surface area contributed by atoms with Gasteiger partial charge < -0.3 is 10.1 Å². The number of nitrogens with one attached hydrogen (secondary N) is 2. The van der Waals surface area contributed by atoms with E-state index in [2.05, 4.69) is 22.7 Å². The third-order valence-electron chi connectivity index (χ3n) is 1.94. The second-order valence-electron chi connectivity index (χ2n) is 3.93. The van der Waals surface area contributed by atoms with Gasteiger partial charge >= 0.3 is 0 Å². The summed E-state index contributed by atoms with van der Waals surface area (Å²) >= 11 is 0. The Labute approximate surface area is 98.8 Å². The van der Waals surface area contributed by atoms with Crippen LogP contribution in [0.4, 0.5) is 0 Å². The maximum absolute atomic E-state index is 5.44. The fourth-order valence-corrected chi connectivity index (χ4v) is 1.13. The van der Waals surface area contributed by atoms with Crippen LogP contribution in [0.15, 0.2) is 4.99 Å². The highest BCUT2D eigenvalue weighted by Crippen LogP contribution is 1.93. The van der Waals surface area contributed by atoms with Crippen LogP contribution in [0.5, 0.6) is 0 Å². The summed E-state index contributed by atoms with van der Waals surface area (Å²) in [5.74, 6) is 6.00. The maximum atomic E-state index is 5.44. The molecule has 0 aromatic rings. The molecule has 0 aromatic carbocycles. The van der Waals surface area contributed by atoms with Gasteiger partial charge in [0, 0.05) is 19.7 Å². The molecule has 5 nitrogen and oxygen atoms in total. The first-order valence-electron chi connectivity index (χ1n) is 6.07. The minimum atomic E-state index is 0.320. The second-order valence-corrected chi connectivity index (χ2v) is 3.93. The van der Waals surface area contributed by atoms with Crippen molar-refractivity contribution in [2.24, 2.45) is 10.8 Å². The van der Waals surface area contributed by atoms with E-state index in [0.717, 1.165) is 39.0 Å². The summed E-state index contributed by atoms with van der Waals surface area (Å²) in [6.45, 7) is 8.66. The minimum Gasteiger partial charge on any atom is -0.379 e. The van der Waals surface area contributed by atoms with E-state index in [-0.39, 0.29) is 0 Å². The number of aliphatic imine (C=N–C) groups is 1. The zero-order chi connectivity index (χ0) is 12.2. The molecule has 0 atom stereocenters. The van der Waals surface area contributed by atoms with Crippen molar-refractivity contribution in [2.75, 3.05) is 19.7 Å². The van der Waals surface area contributed by atoms with E-state index in [0.29, 0.717) is 12.1 Å². The Morgan fingerprint density at radius 2 is 2.12 bits per heavy atom. The normalized spacial score (nSPS) is 11.9. The number of unbranched alkanes of at least 4 members (excludes halogenated alkanes) is 1. The van der Waals surface area contributed by atoms with Crippen molar-refractivity contribution in [3.05, 3.63) is 0 Å². The van der Waals surface area contributed by atoms with Gasteiger partial charge in [-0.3, -0.25) is 10.4 Å². The van der Waals surface area contributed by atoms with Gasteiger partial charge in [-0.05, 0) is 33.1 Å².